The minimum Gasteiger partial charge on any atom is -0.379 e. The van der Waals surface area contributed by atoms with Gasteiger partial charge in [0.1, 0.15) is 11.5 Å². The van der Waals surface area contributed by atoms with Crippen molar-refractivity contribution in [3.8, 4) is 0 Å². The van der Waals surface area contributed by atoms with Crippen LogP contribution in [-0.2, 0) is 0 Å². The molecular formula is C10H10FIN2O2. The number of benzene rings is 1. The third-order valence-electron chi connectivity index (χ3n) is 1.90. The number of hydrogen-bond donors (Lipinski definition) is 1. The van der Waals surface area contributed by atoms with Crippen LogP contribution in [0, 0.1) is 19.5 Å². The van der Waals surface area contributed by atoms with Gasteiger partial charge in [0, 0.05) is 18.7 Å². The molecule has 1 rings (SSSR count). The maximum Gasteiger partial charge on any atom is 0.293 e. The van der Waals surface area contributed by atoms with Crippen molar-refractivity contribution in [3.63, 3.8) is 0 Å². The molecule has 1 N–H and O–H groups in total. The van der Waals surface area contributed by atoms with Gasteiger partial charge >= 0.3 is 0 Å². The first-order valence-corrected chi connectivity index (χ1v) is 5.62. The fourth-order valence-corrected chi connectivity index (χ4v) is 1.59. The second-order valence-electron chi connectivity index (χ2n) is 3.04. The molecule has 1 aromatic carbocycles. The highest BCUT2D eigenvalue weighted by molar-refractivity contribution is 14.1. The zero-order valence-corrected chi connectivity index (χ0v) is 10.5. The van der Waals surface area contributed by atoms with E-state index in [-0.39, 0.29) is 14.9 Å². The zero-order valence-electron chi connectivity index (χ0n) is 8.37. The Labute approximate surface area is 106 Å². The molecule has 0 atom stereocenters. The molecule has 0 aliphatic rings. The Morgan fingerprint density at radius 1 is 1.62 bits per heavy atom. The van der Waals surface area contributed by atoms with E-state index >= 15 is 0 Å². The minimum absolute atomic E-state index is 0.116. The molecule has 0 saturated heterocycles. The summed E-state index contributed by atoms with van der Waals surface area (Å²) in [7, 11) is 0. The zero-order chi connectivity index (χ0) is 12.1. The van der Waals surface area contributed by atoms with Crippen LogP contribution >= 0.6 is 22.6 Å². The van der Waals surface area contributed by atoms with E-state index in [9.17, 15) is 14.5 Å². The number of nitrogens with one attached hydrogen (secondary N) is 1. The first-order chi connectivity index (χ1) is 7.56. The van der Waals surface area contributed by atoms with Crippen molar-refractivity contribution >= 4 is 34.0 Å². The van der Waals surface area contributed by atoms with Gasteiger partial charge in [0.05, 0.1) is 8.49 Å². The summed E-state index contributed by atoms with van der Waals surface area (Å²) in [4.78, 5) is 10.2. The lowest BCUT2D eigenvalue weighted by Crippen LogP contribution is -2.04. The highest BCUT2D eigenvalue weighted by atomic mass is 127. The van der Waals surface area contributed by atoms with Crippen molar-refractivity contribution in [3.05, 3.63) is 44.3 Å². The van der Waals surface area contributed by atoms with Crippen molar-refractivity contribution < 1.29 is 9.31 Å². The number of rotatable bonds is 5. The van der Waals surface area contributed by atoms with Gasteiger partial charge in [-0.25, -0.2) is 4.39 Å². The molecule has 0 fully saturated rings. The maximum absolute atomic E-state index is 13.2. The summed E-state index contributed by atoms with van der Waals surface area (Å²) in [6, 6.07) is 2.36. The molecule has 0 aromatic heterocycles. The molecule has 0 spiro atoms. The predicted molar refractivity (Wildman–Crippen MR) is 69.1 cm³/mol. The third-order valence-corrected chi connectivity index (χ3v) is 2.73. The van der Waals surface area contributed by atoms with Crippen molar-refractivity contribution in [2.45, 2.75) is 6.42 Å². The van der Waals surface area contributed by atoms with Gasteiger partial charge in [-0.2, -0.15) is 0 Å². The van der Waals surface area contributed by atoms with Crippen LogP contribution in [0.15, 0.2) is 24.8 Å². The molecule has 0 aliphatic heterocycles. The van der Waals surface area contributed by atoms with Crippen molar-refractivity contribution in [2.24, 2.45) is 0 Å². The van der Waals surface area contributed by atoms with E-state index in [1.807, 2.05) is 0 Å². The summed E-state index contributed by atoms with van der Waals surface area (Å²) in [5, 5.41) is 13.5. The number of hydrogen-bond acceptors (Lipinski definition) is 3. The molecule has 0 amide bonds. The predicted octanol–water partition coefficient (Wildman–Crippen LogP) is 3.33. The average molecular weight is 336 g/mol. The van der Waals surface area contributed by atoms with Gasteiger partial charge in [0.2, 0.25) is 0 Å². The Hall–Kier alpha value is -1.18. The summed E-state index contributed by atoms with van der Waals surface area (Å²) in [5.41, 5.74) is 0.0830. The van der Waals surface area contributed by atoms with Gasteiger partial charge in [0.25, 0.3) is 5.69 Å². The molecule has 1 aromatic rings. The highest BCUT2D eigenvalue weighted by Gasteiger charge is 2.16. The van der Waals surface area contributed by atoms with E-state index in [1.54, 1.807) is 28.7 Å². The van der Waals surface area contributed by atoms with Crippen LogP contribution in [-0.4, -0.2) is 11.5 Å². The van der Waals surface area contributed by atoms with Crippen LogP contribution in [0.3, 0.4) is 0 Å². The summed E-state index contributed by atoms with van der Waals surface area (Å²) in [6.07, 6.45) is 2.34. The highest BCUT2D eigenvalue weighted by Crippen LogP contribution is 2.28. The Balaban J connectivity index is 3.00. The summed E-state index contributed by atoms with van der Waals surface area (Å²) in [6.45, 7) is 4.02. The maximum atomic E-state index is 13.2. The monoisotopic (exact) mass is 336 g/mol. The first kappa shape index (κ1) is 12.9. The number of anilines is 1. The first-order valence-electron chi connectivity index (χ1n) is 4.54. The van der Waals surface area contributed by atoms with Crippen LogP contribution in [0.25, 0.3) is 0 Å². The van der Waals surface area contributed by atoms with Gasteiger partial charge in [0.15, 0.2) is 0 Å². The average Bonchev–Trinajstić information content (AvgIpc) is 2.23. The van der Waals surface area contributed by atoms with E-state index in [4.69, 9.17) is 0 Å². The fourth-order valence-electron chi connectivity index (χ4n) is 1.14. The van der Waals surface area contributed by atoms with Gasteiger partial charge in [-0.15, -0.1) is 6.58 Å². The second kappa shape index (κ2) is 5.78. The third kappa shape index (κ3) is 3.16. The standard InChI is InChI=1S/C10H10FIN2O2/c1-2-3-4-13-9-5-7(11)8(12)6-10(9)14(15)16/h2,5-6,13H,1,3-4H2. The molecule has 0 saturated carbocycles. The van der Waals surface area contributed by atoms with Crippen LogP contribution in [0.2, 0.25) is 0 Å². The number of halogens is 2. The SMILES string of the molecule is C=CCCNc1cc(F)c(I)cc1[N+](=O)[O-]. The Morgan fingerprint density at radius 2 is 2.31 bits per heavy atom. The van der Waals surface area contributed by atoms with Crippen molar-refractivity contribution in [2.75, 3.05) is 11.9 Å². The van der Waals surface area contributed by atoms with E-state index in [1.165, 1.54) is 6.07 Å². The Kier molecular flexibility index (Phi) is 4.66. The van der Waals surface area contributed by atoms with Gasteiger partial charge in [-0.05, 0) is 29.0 Å². The van der Waals surface area contributed by atoms with E-state index in [0.29, 0.717) is 13.0 Å². The van der Waals surface area contributed by atoms with E-state index < -0.39 is 10.7 Å². The van der Waals surface area contributed by atoms with Crippen LogP contribution in [0.1, 0.15) is 6.42 Å². The van der Waals surface area contributed by atoms with E-state index in [0.717, 1.165) is 6.07 Å². The topological polar surface area (TPSA) is 55.2 Å². The Bertz CT molecular complexity index is 424. The summed E-state index contributed by atoms with van der Waals surface area (Å²) < 4.78 is 13.5. The van der Waals surface area contributed by atoms with Gasteiger partial charge in [-0.1, -0.05) is 6.08 Å². The van der Waals surface area contributed by atoms with Crippen molar-refractivity contribution in [1.29, 1.82) is 0 Å². The van der Waals surface area contributed by atoms with Crippen LogP contribution in [0.5, 0.6) is 0 Å². The number of nitro groups is 1. The van der Waals surface area contributed by atoms with Crippen LogP contribution in [0.4, 0.5) is 15.8 Å². The summed E-state index contributed by atoms with van der Waals surface area (Å²) in [5.74, 6) is -0.465. The lowest BCUT2D eigenvalue weighted by atomic mass is 10.2. The molecule has 0 aliphatic carbocycles. The molecule has 0 heterocycles. The lowest BCUT2D eigenvalue weighted by molar-refractivity contribution is -0.384. The molecule has 16 heavy (non-hydrogen) atoms. The van der Waals surface area contributed by atoms with Gasteiger partial charge < -0.3 is 5.32 Å². The lowest BCUT2D eigenvalue weighted by Gasteiger charge is -2.06. The number of nitro benzene ring substituents is 1. The smallest absolute Gasteiger partial charge is 0.293 e. The van der Waals surface area contributed by atoms with Crippen LogP contribution < -0.4 is 5.32 Å². The molecule has 0 radical (unpaired) electrons. The molecule has 0 unspecified atom stereocenters. The molecular weight excluding hydrogens is 326 g/mol. The molecule has 0 bridgehead atoms. The normalized spacial score (nSPS) is 9.88. The fraction of sp³-hybridized carbons (Fsp3) is 0.200. The molecule has 4 nitrogen and oxygen atoms in total. The quantitative estimate of drug-likeness (QED) is 0.295. The Morgan fingerprint density at radius 3 is 2.88 bits per heavy atom. The number of nitrogens with zero attached hydrogens (tertiary/aromatic N) is 1. The summed E-state index contributed by atoms with van der Waals surface area (Å²) >= 11 is 1.72. The van der Waals surface area contributed by atoms with Crippen molar-refractivity contribution in [1.82, 2.24) is 0 Å². The largest absolute Gasteiger partial charge is 0.379 e. The second-order valence-corrected chi connectivity index (χ2v) is 4.21. The van der Waals surface area contributed by atoms with Gasteiger partial charge in [-0.3, -0.25) is 10.1 Å². The molecule has 86 valence electrons. The van der Waals surface area contributed by atoms with E-state index in [2.05, 4.69) is 11.9 Å². The minimum atomic E-state index is -0.530. The molecule has 6 heteroatoms.